The van der Waals surface area contributed by atoms with Crippen LogP contribution in [0.15, 0.2) is 23.4 Å². The van der Waals surface area contributed by atoms with E-state index in [0.717, 1.165) is 0 Å². The normalized spacial score (nSPS) is 12.2. The smallest absolute Gasteiger partial charge is 0.311 e. The van der Waals surface area contributed by atoms with Crippen LogP contribution in [-0.4, -0.2) is 26.1 Å². The number of hydrogen-bond donors (Lipinski definition) is 0. The molecule has 0 spiro atoms. The van der Waals surface area contributed by atoms with Crippen molar-refractivity contribution in [2.24, 2.45) is 5.16 Å². The highest BCUT2D eigenvalue weighted by molar-refractivity contribution is 6.69. The number of hydrogen-bond acceptors (Lipinski definition) is 5. The SMILES string of the molecule is COc1ccc(/C(C)=N\O[Si](C)(C)C)cc1[N+](=O)[O-]. The van der Waals surface area contributed by atoms with Crippen LogP contribution >= 0.6 is 0 Å². The first-order valence-corrected chi connectivity index (χ1v) is 9.21. The van der Waals surface area contributed by atoms with Crippen LogP contribution in [0.2, 0.25) is 19.6 Å². The molecule has 0 saturated carbocycles. The maximum atomic E-state index is 10.9. The van der Waals surface area contributed by atoms with Crippen molar-refractivity contribution in [3.05, 3.63) is 33.9 Å². The Bertz CT molecular complexity index is 509. The Kier molecular flexibility index (Phi) is 4.65. The van der Waals surface area contributed by atoms with Gasteiger partial charge in [0.15, 0.2) is 5.75 Å². The summed E-state index contributed by atoms with van der Waals surface area (Å²) in [5.74, 6) is 0.229. The first kappa shape index (κ1) is 15.2. The van der Waals surface area contributed by atoms with Gasteiger partial charge in [0.05, 0.1) is 17.7 Å². The third-order valence-electron chi connectivity index (χ3n) is 2.25. The minimum Gasteiger partial charge on any atom is -0.490 e. The number of nitro benzene ring substituents is 1. The zero-order chi connectivity index (χ0) is 14.6. The predicted octanol–water partition coefficient (Wildman–Crippen LogP) is 3.18. The average Bonchev–Trinajstić information content (AvgIpc) is 2.34. The molecule has 0 radical (unpaired) electrons. The van der Waals surface area contributed by atoms with Crippen molar-refractivity contribution in [2.45, 2.75) is 26.6 Å². The highest BCUT2D eigenvalue weighted by atomic mass is 28.4. The molecule has 0 atom stereocenters. The van der Waals surface area contributed by atoms with E-state index in [2.05, 4.69) is 5.16 Å². The van der Waals surface area contributed by atoms with E-state index in [1.54, 1.807) is 19.1 Å². The van der Waals surface area contributed by atoms with E-state index in [1.165, 1.54) is 13.2 Å². The average molecular weight is 282 g/mol. The summed E-state index contributed by atoms with van der Waals surface area (Å²) in [6.07, 6.45) is 0. The first-order valence-electron chi connectivity index (χ1n) is 5.80. The van der Waals surface area contributed by atoms with Gasteiger partial charge in [-0.2, -0.15) is 0 Å². The summed E-state index contributed by atoms with van der Waals surface area (Å²) in [6.45, 7) is 7.80. The van der Waals surface area contributed by atoms with Crippen LogP contribution in [0.5, 0.6) is 5.75 Å². The third kappa shape index (κ3) is 4.36. The molecule has 0 aliphatic heterocycles. The van der Waals surface area contributed by atoms with Crippen LogP contribution in [0.4, 0.5) is 5.69 Å². The molecular weight excluding hydrogens is 264 g/mol. The Labute approximate surface area is 113 Å². The Hall–Kier alpha value is -1.89. The number of nitro groups is 1. The Morgan fingerprint density at radius 3 is 2.47 bits per heavy atom. The Morgan fingerprint density at radius 2 is 2.00 bits per heavy atom. The summed E-state index contributed by atoms with van der Waals surface area (Å²) in [6, 6.07) is 4.71. The van der Waals surface area contributed by atoms with E-state index in [9.17, 15) is 10.1 Å². The van der Waals surface area contributed by atoms with Gasteiger partial charge in [0.1, 0.15) is 0 Å². The molecule has 0 bridgehead atoms. The topological polar surface area (TPSA) is 74.0 Å². The lowest BCUT2D eigenvalue weighted by molar-refractivity contribution is -0.385. The highest BCUT2D eigenvalue weighted by Crippen LogP contribution is 2.27. The van der Waals surface area contributed by atoms with Crippen LogP contribution in [-0.2, 0) is 4.53 Å². The minimum atomic E-state index is -1.75. The Morgan fingerprint density at radius 1 is 1.37 bits per heavy atom. The third-order valence-corrected chi connectivity index (χ3v) is 2.89. The van der Waals surface area contributed by atoms with Gasteiger partial charge in [0.2, 0.25) is 0 Å². The number of oxime groups is 1. The van der Waals surface area contributed by atoms with E-state index in [-0.39, 0.29) is 11.4 Å². The van der Waals surface area contributed by atoms with Gasteiger partial charge in [-0.3, -0.25) is 10.1 Å². The maximum absolute atomic E-state index is 10.9. The van der Waals surface area contributed by atoms with Crippen LogP contribution in [0, 0.1) is 10.1 Å². The van der Waals surface area contributed by atoms with E-state index < -0.39 is 13.2 Å². The fraction of sp³-hybridized carbons (Fsp3) is 0.417. The molecule has 19 heavy (non-hydrogen) atoms. The lowest BCUT2D eigenvalue weighted by Crippen LogP contribution is -2.22. The van der Waals surface area contributed by atoms with Crippen molar-refractivity contribution in [3.8, 4) is 5.75 Å². The molecule has 6 nitrogen and oxygen atoms in total. The minimum absolute atomic E-state index is 0.0810. The van der Waals surface area contributed by atoms with Crippen LogP contribution < -0.4 is 4.74 Å². The summed E-state index contributed by atoms with van der Waals surface area (Å²) < 4.78 is 10.4. The van der Waals surface area contributed by atoms with Gasteiger partial charge in [-0.1, -0.05) is 0 Å². The lowest BCUT2D eigenvalue weighted by atomic mass is 10.1. The molecule has 0 fully saturated rings. The van der Waals surface area contributed by atoms with E-state index in [0.29, 0.717) is 11.3 Å². The molecule has 104 valence electrons. The number of benzene rings is 1. The van der Waals surface area contributed by atoms with E-state index in [4.69, 9.17) is 9.26 Å². The maximum Gasteiger partial charge on any atom is 0.311 e. The number of ether oxygens (including phenoxy) is 1. The largest absolute Gasteiger partial charge is 0.490 e. The fourth-order valence-corrected chi connectivity index (χ4v) is 1.73. The van der Waals surface area contributed by atoms with Crippen LogP contribution in [0.3, 0.4) is 0 Å². The molecule has 7 heteroatoms. The summed E-state index contributed by atoms with van der Waals surface area (Å²) in [5, 5.41) is 15.0. The van der Waals surface area contributed by atoms with Gasteiger partial charge < -0.3 is 9.26 Å². The van der Waals surface area contributed by atoms with Gasteiger partial charge >= 0.3 is 5.69 Å². The van der Waals surface area contributed by atoms with Crippen molar-refractivity contribution in [1.82, 2.24) is 0 Å². The molecular formula is C12H18N2O4Si. The van der Waals surface area contributed by atoms with Gasteiger partial charge in [-0.15, -0.1) is 5.16 Å². The second kappa shape index (κ2) is 5.83. The molecule has 0 N–H and O–H groups in total. The van der Waals surface area contributed by atoms with Gasteiger partial charge in [-0.05, 0) is 38.7 Å². The zero-order valence-corrected chi connectivity index (χ0v) is 12.8. The molecule has 0 amide bonds. The highest BCUT2D eigenvalue weighted by Gasteiger charge is 2.18. The summed E-state index contributed by atoms with van der Waals surface area (Å²) >= 11 is 0. The number of methoxy groups -OCH3 is 1. The number of rotatable bonds is 5. The van der Waals surface area contributed by atoms with E-state index in [1.807, 2.05) is 19.6 Å². The van der Waals surface area contributed by atoms with E-state index >= 15 is 0 Å². The monoisotopic (exact) mass is 282 g/mol. The van der Waals surface area contributed by atoms with Crippen molar-refractivity contribution in [1.29, 1.82) is 0 Å². The quantitative estimate of drug-likeness (QED) is 0.360. The van der Waals surface area contributed by atoms with Crippen molar-refractivity contribution in [3.63, 3.8) is 0 Å². The summed E-state index contributed by atoms with van der Waals surface area (Å²) in [5.41, 5.74) is 1.17. The zero-order valence-electron chi connectivity index (χ0n) is 11.8. The number of nitrogens with zero attached hydrogens (tertiary/aromatic N) is 2. The van der Waals surface area contributed by atoms with Gasteiger partial charge in [0.25, 0.3) is 8.32 Å². The van der Waals surface area contributed by atoms with Crippen molar-refractivity contribution >= 4 is 19.7 Å². The van der Waals surface area contributed by atoms with Crippen molar-refractivity contribution in [2.75, 3.05) is 7.11 Å². The van der Waals surface area contributed by atoms with Crippen LogP contribution in [0.25, 0.3) is 0 Å². The molecule has 1 aromatic carbocycles. The fourth-order valence-electron chi connectivity index (χ4n) is 1.32. The Balaban J connectivity index is 3.08. The second-order valence-corrected chi connectivity index (χ2v) is 9.43. The molecule has 0 aromatic heterocycles. The molecule has 0 unspecified atom stereocenters. The molecule has 0 aliphatic carbocycles. The molecule has 0 heterocycles. The summed E-state index contributed by atoms with van der Waals surface area (Å²) in [7, 11) is -0.352. The second-order valence-electron chi connectivity index (χ2n) is 5.02. The molecule has 0 aliphatic rings. The molecule has 0 saturated heterocycles. The molecule has 1 aromatic rings. The van der Waals surface area contributed by atoms with Crippen molar-refractivity contribution < 1.29 is 14.2 Å². The molecule has 1 rings (SSSR count). The summed E-state index contributed by atoms with van der Waals surface area (Å²) in [4.78, 5) is 10.5. The van der Waals surface area contributed by atoms with Gasteiger partial charge in [0, 0.05) is 11.6 Å². The lowest BCUT2D eigenvalue weighted by Gasteiger charge is -2.13. The first-order chi connectivity index (χ1) is 8.74. The van der Waals surface area contributed by atoms with Gasteiger partial charge in [-0.25, -0.2) is 0 Å². The predicted molar refractivity (Wildman–Crippen MR) is 76.3 cm³/mol. The van der Waals surface area contributed by atoms with Crippen LogP contribution in [0.1, 0.15) is 12.5 Å². The standard InChI is InChI=1S/C12H18N2O4Si/c1-9(13-18-19(3,4)5)10-6-7-12(17-2)11(8-10)14(15)16/h6-8H,1-5H3/b13-9-.